The molecule has 0 bridgehead atoms. The molecule has 0 aliphatic carbocycles. The van der Waals surface area contributed by atoms with Gasteiger partial charge in [-0.2, -0.15) is 0 Å². The van der Waals surface area contributed by atoms with E-state index in [1.54, 1.807) is 42.5 Å². The molecule has 0 unspecified atom stereocenters. The van der Waals surface area contributed by atoms with E-state index in [-0.39, 0.29) is 0 Å². The number of carbonyl (C=O) groups is 3. The van der Waals surface area contributed by atoms with Crippen LogP contribution in [0.3, 0.4) is 0 Å². The summed E-state index contributed by atoms with van der Waals surface area (Å²) in [4.78, 5) is 34.6. The maximum Gasteiger partial charge on any atom is 0.343 e. The lowest BCUT2D eigenvalue weighted by atomic mass is 10.2. The second-order valence-electron chi connectivity index (χ2n) is 9.00. The molecule has 0 amide bonds. The highest BCUT2D eigenvalue weighted by Crippen LogP contribution is 2.32. The van der Waals surface area contributed by atoms with Crippen molar-refractivity contribution in [3.05, 3.63) is 73.3 Å². The third kappa shape index (κ3) is 13.6. The molecule has 222 valence electrons. The minimum absolute atomic E-state index is 0.341. The first-order valence-corrected chi connectivity index (χ1v) is 13.8. The first-order valence-electron chi connectivity index (χ1n) is 13.8. The number of carbonyl (C=O) groups excluding carboxylic acids is 3. The van der Waals surface area contributed by atoms with Gasteiger partial charge in [-0.05, 0) is 87.8 Å². The predicted octanol–water partition coefficient (Wildman–Crippen LogP) is 6.25. The fraction of sp³-hybridized carbons (Fsp3) is 0.406. The number of ether oxygens (including phenoxy) is 6. The van der Waals surface area contributed by atoms with Gasteiger partial charge in [0, 0.05) is 18.2 Å². The zero-order chi connectivity index (χ0) is 29.7. The molecule has 2 aromatic carbocycles. The summed E-state index contributed by atoms with van der Waals surface area (Å²) in [6.45, 7) is 8.56. The molecule has 0 spiro atoms. The second kappa shape index (κ2) is 19.7. The van der Waals surface area contributed by atoms with Crippen molar-refractivity contribution in [2.75, 3.05) is 33.5 Å². The molecule has 9 heteroatoms. The van der Waals surface area contributed by atoms with Gasteiger partial charge < -0.3 is 28.4 Å². The molecule has 0 aliphatic rings. The molecule has 0 saturated heterocycles. The van der Waals surface area contributed by atoms with Crippen molar-refractivity contribution in [2.45, 2.75) is 51.4 Å². The van der Waals surface area contributed by atoms with E-state index in [2.05, 4.69) is 13.2 Å². The molecule has 0 aliphatic heterocycles. The second-order valence-corrected chi connectivity index (χ2v) is 9.00. The number of hydrogen-bond donors (Lipinski definition) is 0. The molecule has 9 nitrogen and oxygen atoms in total. The smallest absolute Gasteiger partial charge is 0.343 e. The van der Waals surface area contributed by atoms with E-state index >= 15 is 0 Å². The third-order valence-corrected chi connectivity index (χ3v) is 5.86. The quantitative estimate of drug-likeness (QED) is 0.0747. The maximum absolute atomic E-state index is 12.6. The van der Waals surface area contributed by atoms with Crippen molar-refractivity contribution in [2.24, 2.45) is 0 Å². The minimum atomic E-state index is -0.497. The first kappa shape index (κ1) is 32.9. The molecular weight excluding hydrogens is 528 g/mol. The van der Waals surface area contributed by atoms with Gasteiger partial charge in [-0.3, -0.25) is 0 Å². The Morgan fingerprint density at radius 3 is 1.68 bits per heavy atom. The Morgan fingerprint density at radius 2 is 1.15 bits per heavy atom. The molecule has 0 saturated carbocycles. The fourth-order valence-corrected chi connectivity index (χ4v) is 3.63. The van der Waals surface area contributed by atoms with Crippen LogP contribution in [0.1, 0.15) is 61.7 Å². The first-order chi connectivity index (χ1) is 20.0. The normalized spacial score (nSPS) is 10.3. The fourth-order valence-electron chi connectivity index (χ4n) is 3.63. The summed E-state index contributed by atoms with van der Waals surface area (Å²) in [5.41, 5.74) is 0.393. The molecule has 0 fully saturated rings. The van der Waals surface area contributed by atoms with Crippen LogP contribution in [0.2, 0.25) is 0 Å². The van der Waals surface area contributed by atoms with Crippen molar-refractivity contribution in [3.63, 3.8) is 0 Å². The zero-order valence-electron chi connectivity index (χ0n) is 23.8. The van der Waals surface area contributed by atoms with Crippen LogP contribution in [0.5, 0.6) is 23.0 Å². The lowest BCUT2D eigenvalue weighted by Crippen LogP contribution is -2.09. The lowest BCUT2D eigenvalue weighted by Gasteiger charge is -2.12. The van der Waals surface area contributed by atoms with Gasteiger partial charge in [0.05, 0.1) is 39.1 Å². The maximum atomic E-state index is 12.6. The monoisotopic (exact) mass is 568 g/mol. The van der Waals surface area contributed by atoms with Gasteiger partial charge in [0.2, 0.25) is 0 Å². The van der Waals surface area contributed by atoms with Crippen molar-refractivity contribution >= 4 is 17.9 Å². The molecule has 0 N–H and O–H groups in total. The summed E-state index contributed by atoms with van der Waals surface area (Å²) < 4.78 is 32.4. The Balaban J connectivity index is 1.68. The summed E-state index contributed by atoms with van der Waals surface area (Å²) >= 11 is 0. The topological polar surface area (TPSA) is 107 Å². The van der Waals surface area contributed by atoms with Gasteiger partial charge in [-0.25, -0.2) is 14.4 Å². The Kier molecular flexibility index (Phi) is 15.9. The number of benzene rings is 2. The van der Waals surface area contributed by atoms with Crippen LogP contribution in [-0.2, 0) is 19.1 Å². The van der Waals surface area contributed by atoms with Crippen LogP contribution >= 0.6 is 0 Å². The summed E-state index contributed by atoms with van der Waals surface area (Å²) in [7, 11) is 1.53. The summed E-state index contributed by atoms with van der Waals surface area (Å²) in [5.74, 6) is 0.736. The van der Waals surface area contributed by atoms with E-state index in [4.69, 9.17) is 28.4 Å². The summed E-state index contributed by atoms with van der Waals surface area (Å²) in [6.07, 6.45) is 9.37. The van der Waals surface area contributed by atoms with E-state index < -0.39 is 17.9 Å². The number of rotatable bonds is 21. The van der Waals surface area contributed by atoms with E-state index in [0.29, 0.717) is 55.0 Å². The van der Waals surface area contributed by atoms with Crippen LogP contribution in [-0.4, -0.2) is 51.4 Å². The number of esters is 3. The Morgan fingerprint density at radius 1 is 0.634 bits per heavy atom. The van der Waals surface area contributed by atoms with Crippen molar-refractivity contribution in [3.8, 4) is 23.0 Å². The highest BCUT2D eigenvalue weighted by molar-refractivity contribution is 5.91. The van der Waals surface area contributed by atoms with Gasteiger partial charge >= 0.3 is 17.9 Å². The van der Waals surface area contributed by atoms with Crippen molar-refractivity contribution < 1.29 is 42.8 Å². The largest absolute Gasteiger partial charge is 0.494 e. The Labute approximate surface area is 242 Å². The SMILES string of the molecule is C=CC(=O)OCCCCCCOc1ccc(C(=O)Oc2ccc(OCCCCCCOC(=O)C=C)c(OC)c2)cc1. The van der Waals surface area contributed by atoms with Crippen LogP contribution in [0.15, 0.2) is 67.8 Å². The molecule has 2 aromatic rings. The van der Waals surface area contributed by atoms with Crippen molar-refractivity contribution in [1.29, 1.82) is 0 Å². The van der Waals surface area contributed by atoms with Crippen LogP contribution in [0, 0.1) is 0 Å². The molecule has 0 heterocycles. The van der Waals surface area contributed by atoms with Gasteiger partial charge in [0.15, 0.2) is 11.5 Å². The average molecular weight is 569 g/mol. The van der Waals surface area contributed by atoms with Gasteiger partial charge in [0.1, 0.15) is 11.5 Å². The van der Waals surface area contributed by atoms with E-state index in [0.717, 1.165) is 63.5 Å². The Hall–Kier alpha value is -4.27. The lowest BCUT2D eigenvalue weighted by molar-refractivity contribution is -0.138. The summed E-state index contributed by atoms with van der Waals surface area (Å²) in [6, 6.07) is 11.8. The van der Waals surface area contributed by atoms with E-state index in [1.165, 1.54) is 7.11 Å². The third-order valence-electron chi connectivity index (χ3n) is 5.86. The van der Waals surface area contributed by atoms with E-state index in [9.17, 15) is 14.4 Å². The molecule has 0 radical (unpaired) electrons. The highest BCUT2D eigenvalue weighted by Gasteiger charge is 2.12. The number of unbranched alkanes of at least 4 members (excludes halogenated alkanes) is 6. The minimum Gasteiger partial charge on any atom is -0.494 e. The molecule has 2 rings (SSSR count). The number of hydrogen-bond acceptors (Lipinski definition) is 9. The standard InChI is InChI=1S/C32H40O9/c1-4-30(33)39-22-12-8-6-10-20-37-26-16-14-25(15-17-26)32(35)41-27-18-19-28(29(24-27)36-3)38-21-11-7-9-13-23-40-31(34)5-2/h4-5,14-19,24H,1-2,6-13,20-23H2,3H3. The van der Waals surface area contributed by atoms with E-state index in [1.807, 2.05) is 0 Å². The summed E-state index contributed by atoms with van der Waals surface area (Å²) in [5, 5.41) is 0. The Bertz CT molecular complexity index is 1110. The van der Waals surface area contributed by atoms with Gasteiger partial charge in [-0.15, -0.1) is 0 Å². The average Bonchev–Trinajstić information content (AvgIpc) is 3.00. The molecular formula is C32H40O9. The van der Waals surface area contributed by atoms with Crippen LogP contribution in [0.4, 0.5) is 0 Å². The van der Waals surface area contributed by atoms with Gasteiger partial charge in [0.25, 0.3) is 0 Å². The zero-order valence-corrected chi connectivity index (χ0v) is 23.8. The predicted molar refractivity (Wildman–Crippen MR) is 155 cm³/mol. The van der Waals surface area contributed by atoms with Gasteiger partial charge in [-0.1, -0.05) is 13.2 Å². The molecule has 41 heavy (non-hydrogen) atoms. The molecule has 0 atom stereocenters. The number of methoxy groups -OCH3 is 1. The molecule has 0 aromatic heterocycles. The highest BCUT2D eigenvalue weighted by atomic mass is 16.5. The van der Waals surface area contributed by atoms with Crippen molar-refractivity contribution in [1.82, 2.24) is 0 Å². The van der Waals surface area contributed by atoms with Crippen LogP contribution < -0.4 is 18.9 Å². The van der Waals surface area contributed by atoms with Crippen LogP contribution in [0.25, 0.3) is 0 Å².